The van der Waals surface area contributed by atoms with Crippen molar-refractivity contribution in [1.82, 2.24) is 9.97 Å². The third-order valence-electron chi connectivity index (χ3n) is 4.73. The highest BCUT2D eigenvalue weighted by Crippen LogP contribution is 2.30. The van der Waals surface area contributed by atoms with E-state index in [0.717, 1.165) is 35.4 Å². The van der Waals surface area contributed by atoms with E-state index >= 15 is 0 Å². The average Bonchev–Trinajstić information content (AvgIpc) is 2.72. The van der Waals surface area contributed by atoms with Crippen molar-refractivity contribution in [1.29, 1.82) is 5.26 Å². The van der Waals surface area contributed by atoms with E-state index < -0.39 is 0 Å². The van der Waals surface area contributed by atoms with Crippen molar-refractivity contribution in [3.63, 3.8) is 0 Å². The summed E-state index contributed by atoms with van der Waals surface area (Å²) in [6, 6.07) is 14.0. The van der Waals surface area contributed by atoms with Gasteiger partial charge in [-0.05, 0) is 43.3 Å². The molecule has 1 aliphatic heterocycles. The van der Waals surface area contributed by atoms with E-state index in [1.165, 1.54) is 0 Å². The van der Waals surface area contributed by atoms with Crippen molar-refractivity contribution in [3.05, 3.63) is 60.6 Å². The lowest BCUT2D eigenvalue weighted by atomic mass is 10.1. The standard InChI is InChI=1S/C21H21N5O/c1-15-13-26(14-18(27-15)12-25-17-4-2-8-23-11-17)20-7-6-16(10-22)21-19(20)5-3-9-24-21/h2-9,11,15,18,25H,12-14H2,1H3/t15-,18+/m1/s1. The Hall–Kier alpha value is -3.17. The number of nitrogens with zero attached hydrogens (tertiary/aromatic N) is 4. The van der Waals surface area contributed by atoms with Gasteiger partial charge in [0.1, 0.15) is 6.07 Å². The molecule has 27 heavy (non-hydrogen) atoms. The number of benzene rings is 1. The molecule has 0 spiro atoms. The van der Waals surface area contributed by atoms with Crippen molar-refractivity contribution in [2.24, 2.45) is 0 Å². The van der Waals surface area contributed by atoms with Gasteiger partial charge in [-0.1, -0.05) is 0 Å². The van der Waals surface area contributed by atoms with Crippen LogP contribution in [0.3, 0.4) is 0 Å². The first-order valence-electron chi connectivity index (χ1n) is 9.06. The van der Waals surface area contributed by atoms with Crippen LogP contribution in [-0.2, 0) is 4.74 Å². The summed E-state index contributed by atoms with van der Waals surface area (Å²) in [4.78, 5) is 10.9. The molecule has 1 aliphatic rings. The van der Waals surface area contributed by atoms with Gasteiger partial charge in [-0.2, -0.15) is 5.26 Å². The Morgan fingerprint density at radius 1 is 1.22 bits per heavy atom. The van der Waals surface area contributed by atoms with Crippen LogP contribution in [-0.4, -0.2) is 41.8 Å². The predicted molar refractivity (Wildman–Crippen MR) is 106 cm³/mol. The van der Waals surface area contributed by atoms with Gasteiger partial charge in [0, 0.05) is 49.3 Å². The molecule has 1 saturated heterocycles. The summed E-state index contributed by atoms with van der Waals surface area (Å²) in [6.45, 7) is 4.37. The summed E-state index contributed by atoms with van der Waals surface area (Å²) in [5.74, 6) is 0. The lowest BCUT2D eigenvalue weighted by Crippen LogP contribution is -2.49. The first-order valence-corrected chi connectivity index (χ1v) is 9.06. The lowest BCUT2D eigenvalue weighted by Gasteiger charge is -2.39. The van der Waals surface area contributed by atoms with E-state index in [9.17, 15) is 5.26 Å². The quantitative estimate of drug-likeness (QED) is 0.771. The molecule has 4 rings (SSSR count). The molecule has 0 amide bonds. The summed E-state index contributed by atoms with van der Waals surface area (Å²) in [5, 5.41) is 13.8. The van der Waals surface area contributed by atoms with Crippen molar-refractivity contribution in [2.45, 2.75) is 19.1 Å². The third kappa shape index (κ3) is 3.69. The van der Waals surface area contributed by atoms with Crippen LogP contribution in [0.15, 0.2) is 55.0 Å². The third-order valence-corrected chi connectivity index (χ3v) is 4.73. The topological polar surface area (TPSA) is 74.1 Å². The van der Waals surface area contributed by atoms with E-state index in [0.29, 0.717) is 12.1 Å². The zero-order chi connectivity index (χ0) is 18.6. The number of nitriles is 1. The first kappa shape index (κ1) is 17.3. The minimum Gasteiger partial charge on any atom is -0.381 e. The molecular formula is C21H21N5O. The number of hydrogen-bond donors (Lipinski definition) is 1. The number of aromatic nitrogens is 2. The van der Waals surface area contributed by atoms with Gasteiger partial charge in [-0.3, -0.25) is 9.97 Å². The number of hydrogen-bond acceptors (Lipinski definition) is 6. The van der Waals surface area contributed by atoms with Gasteiger partial charge >= 0.3 is 0 Å². The average molecular weight is 359 g/mol. The Balaban J connectivity index is 1.57. The molecule has 6 heteroatoms. The zero-order valence-corrected chi connectivity index (χ0v) is 15.2. The molecule has 2 aromatic heterocycles. The highest BCUT2D eigenvalue weighted by molar-refractivity contribution is 5.95. The van der Waals surface area contributed by atoms with Crippen LogP contribution >= 0.6 is 0 Å². The summed E-state index contributed by atoms with van der Waals surface area (Å²) in [7, 11) is 0. The first-order chi connectivity index (χ1) is 13.2. The van der Waals surface area contributed by atoms with Gasteiger partial charge < -0.3 is 15.0 Å². The van der Waals surface area contributed by atoms with Gasteiger partial charge in [-0.25, -0.2) is 0 Å². The monoisotopic (exact) mass is 359 g/mol. The Morgan fingerprint density at radius 2 is 2.11 bits per heavy atom. The van der Waals surface area contributed by atoms with E-state index in [1.54, 1.807) is 12.4 Å². The van der Waals surface area contributed by atoms with Crippen LogP contribution in [0.4, 0.5) is 11.4 Å². The maximum atomic E-state index is 9.36. The summed E-state index contributed by atoms with van der Waals surface area (Å²) in [5.41, 5.74) is 3.43. The number of rotatable bonds is 4. The van der Waals surface area contributed by atoms with Crippen LogP contribution in [0.1, 0.15) is 12.5 Å². The smallest absolute Gasteiger partial charge is 0.101 e. The molecule has 1 fully saturated rings. The Labute approximate surface area is 158 Å². The van der Waals surface area contributed by atoms with E-state index in [-0.39, 0.29) is 12.2 Å². The second kappa shape index (κ2) is 7.60. The van der Waals surface area contributed by atoms with Crippen LogP contribution in [0, 0.1) is 11.3 Å². The number of ether oxygens (including phenoxy) is 1. The fraction of sp³-hybridized carbons (Fsp3) is 0.286. The molecule has 2 atom stereocenters. The van der Waals surface area contributed by atoms with E-state index in [1.807, 2.05) is 42.6 Å². The Morgan fingerprint density at radius 3 is 2.93 bits per heavy atom. The number of anilines is 2. The van der Waals surface area contributed by atoms with Crippen molar-refractivity contribution in [2.75, 3.05) is 29.9 Å². The zero-order valence-electron chi connectivity index (χ0n) is 15.2. The molecule has 0 radical (unpaired) electrons. The van der Waals surface area contributed by atoms with Gasteiger partial charge in [0.2, 0.25) is 0 Å². The molecule has 3 aromatic rings. The maximum absolute atomic E-state index is 9.36. The normalized spacial score (nSPS) is 19.6. The molecule has 3 heterocycles. The number of nitrogens with one attached hydrogen (secondary N) is 1. The maximum Gasteiger partial charge on any atom is 0.101 e. The highest BCUT2D eigenvalue weighted by Gasteiger charge is 2.26. The number of fused-ring (bicyclic) bond motifs is 1. The molecule has 6 nitrogen and oxygen atoms in total. The fourth-order valence-electron chi connectivity index (χ4n) is 3.58. The second-order valence-electron chi connectivity index (χ2n) is 6.74. The van der Waals surface area contributed by atoms with Crippen molar-refractivity contribution in [3.8, 4) is 6.07 Å². The Kier molecular flexibility index (Phi) is 4.86. The number of pyridine rings is 2. The van der Waals surface area contributed by atoms with Gasteiger partial charge in [0.25, 0.3) is 0 Å². The molecule has 1 N–H and O–H groups in total. The number of morpholine rings is 1. The molecule has 0 aliphatic carbocycles. The highest BCUT2D eigenvalue weighted by atomic mass is 16.5. The predicted octanol–water partition coefficient (Wildman–Crippen LogP) is 3.21. The fourth-order valence-corrected chi connectivity index (χ4v) is 3.58. The van der Waals surface area contributed by atoms with Gasteiger partial charge in [0.05, 0.1) is 29.0 Å². The van der Waals surface area contributed by atoms with Crippen LogP contribution < -0.4 is 10.2 Å². The van der Waals surface area contributed by atoms with Crippen LogP contribution in [0.25, 0.3) is 10.9 Å². The molecule has 0 bridgehead atoms. The van der Waals surface area contributed by atoms with Crippen molar-refractivity contribution >= 4 is 22.3 Å². The summed E-state index contributed by atoms with van der Waals surface area (Å²) >= 11 is 0. The van der Waals surface area contributed by atoms with Gasteiger partial charge in [0.15, 0.2) is 0 Å². The van der Waals surface area contributed by atoms with Crippen LogP contribution in [0.2, 0.25) is 0 Å². The minimum atomic E-state index is 0.0521. The minimum absolute atomic E-state index is 0.0521. The molecule has 136 valence electrons. The second-order valence-corrected chi connectivity index (χ2v) is 6.74. The lowest BCUT2D eigenvalue weighted by molar-refractivity contribution is -0.00820. The summed E-state index contributed by atoms with van der Waals surface area (Å²) in [6.07, 6.45) is 5.47. The molecule has 0 saturated carbocycles. The van der Waals surface area contributed by atoms with E-state index in [4.69, 9.17) is 4.74 Å². The molecule has 0 unspecified atom stereocenters. The largest absolute Gasteiger partial charge is 0.381 e. The van der Waals surface area contributed by atoms with Crippen LogP contribution in [0.5, 0.6) is 0 Å². The SMILES string of the molecule is C[C@@H]1CN(c2ccc(C#N)c3ncccc23)C[C@H](CNc2cccnc2)O1. The molecular weight excluding hydrogens is 338 g/mol. The summed E-state index contributed by atoms with van der Waals surface area (Å²) < 4.78 is 6.12. The Bertz CT molecular complexity index is 969. The van der Waals surface area contributed by atoms with Gasteiger partial charge in [-0.15, -0.1) is 0 Å². The molecule has 1 aromatic carbocycles. The van der Waals surface area contributed by atoms with E-state index in [2.05, 4.69) is 33.2 Å². The van der Waals surface area contributed by atoms with Crippen molar-refractivity contribution < 1.29 is 4.74 Å².